The van der Waals surface area contributed by atoms with E-state index in [2.05, 4.69) is 35.7 Å². The number of aromatic nitrogens is 2. The van der Waals surface area contributed by atoms with Gasteiger partial charge in [0.2, 0.25) is 11.8 Å². The molecule has 2 aromatic carbocycles. The summed E-state index contributed by atoms with van der Waals surface area (Å²) in [6, 6.07) is 8.03. The first-order chi connectivity index (χ1) is 30.6. The van der Waals surface area contributed by atoms with Crippen molar-refractivity contribution in [1.29, 1.82) is 0 Å². The molecule has 1 unspecified atom stereocenters. The van der Waals surface area contributed by atoms with Crippen LogP contribution < -0.4 is 30.3 Å². The van der Waals surface area contributed by atoms with Crippen LogP contribution in [0.3, 0.4) is 0 Å². The molecule has 15 nitrogen and oxygen atoms in total. The van der Waals surface area contributed by atoms with Crippen molar-refractivity contribution in [3.8, 4) is 22.8 Å². The van der Waals surface area contributed by atoms with Gasteiger partial charge in [0.1, 0.15) is 48.1 Å². The Morgan fingerprint density at radius 2 is 1.84 bits per heavy atom. The van der Waals surface area contributed by atoms with Crippen LogP contribution in [-0.2, 0) is 20.9 Å². The number of benzene rings is 2. The maximum absolute atomic E-state index is 15.4. The van der Waals surface area contributed by atoms with E-state index < -0.39 is 12.1 Å². The van der Waals surface area contributed by atoms with Crippen molar-refractivity contribution in [2.75, 3.05) is 75.6 Å². The maximum Gasteiger partial charge on any atom is 0.413 e. The summed E-state index contributed by atoms with van der Waals surface area (Å²) in [4.78, 5) is 65.5. The fraction of sp³-hybridized carbons (Fsp3) is 0.489. The van der Waals surface area contributed by atoms with E-state index in [1.807, 2.05) is 19.1 Å². The van der Waals surface area contributed by atoms with Crippen LogP contribution in [0.1, 0.15) is 72.9 Å². The maximum atomic E-state index is 15.4. The number of carbonyl (C=O) groups is 4. The van der Waals surface area contributed by atoms with E-state index in [1.54, 1.807) is 36.5 Å². The molecule has 1 spiro atoms. The van der Waals surface area contributed by atoms with Gasteiger partial charge in [0.25, 0.3) is 5.91 Å². The van der Waals surface area contributed by atoms with Crippen LogP contribution in [0, 0.1) is 24.1 Å². The number of nitrogens with zero attached hydrogens (tertiary/aromatic N) is 5. The molecule has 63 heavy (non-hydrogen) atoms. The normalized spacial score (nSPS) is 19.1. The predicted octanol–water partition coefficient (Wildman–Crippen LogP) is 6.32. The van der Waals surface area contributed by atoms with Gasteiger partial charge in [0, 0.05) is 79.7 Å². The minimum Gasteiger partial charge on any atom is -0.494 e. The predicted molar refractivity (Wildman–Crippen MR) is 236 cm³/mol. The van der Waals surface area contributed by atoms with Gasteiger partial charge in [-0.05, 0) is 118 Å². The Labute approximate surface area is 366 Å². The van der Waals surface area contributed by atoms with Crippen molar-refractivity contribution < 1.29 is 37.8 Å². The van der Waals surface area contributed by atoms with Crippen LogP contribution in [0.15, 0.2) is 42.7 Å². The molecule has 6 heterocycles. The standard InChI is InChI=1S/C47H55FN8O7/c1-28-35(25-52-44-41(28)50-12-18-62-44)34-19-30-21-40(51-24-31(30)20-37(34)48)53-46(60)63-32-22-47(23-32)10-15-54(16-11-47)26-29-8-13-55(14-9-29)38-7-6-33-36(42(38)61-3)27-56(45(33)59)39(5-4-17-57)43(58)49-2/h6-7,17,19-21,24-25,29,32,39,50H,4-5,8-16,18,22-23,26-27H2,1-3H3,(H,49,58)(H,51,53,60). The molecule has 16 heteroatoms. The zero-order valence-electron chi connectivity index (χ0n) is 36.1. The number of hydrogen-bond donors (Lipinski definition) is 3. The number of nitrogens with one attached hydrogen (secondary N) is 3. The summed E-state index contributed by atoms with van der Waals surface area (Å²) in [5, 5.41) is 10.1. The largest absolute Gasteiger partial charge is 0.494 e. The fourth-order valence-corrected chi connectivity index (χ4v) is 10.5. The second kappa shape index (κ2) is 17.6. The monoisotopic (exact) mass is 862 g/mol. The molecule has 4 aliphatic heterocycles. The number of carbonyl (C=O) groups excluding carboxylic acids is 4. The number of amides is 3. The lowest BCUT2D eigenvalue weighted by Crippen LogP contribution is -2.51. The molecule has 1 aliphatic carbocycles. The molecular formula is C47H55FN8O7. The third-order valence-electron chi connectivity index (χ3n) is 14.0. The van der Waals surface area contributed by atoms with Crippen molar-refractivity contribution in [2.45, 2.75) is 77.0 Å². The quantitative estimate of drug-likeness (QED) is 0.136. The van der Waals surface area contributed by atoms with Gasteiger partial charge in [-0.25, -0.2) is 19.2 Å². The van der Waals surface area contributed by atoms with E-state index in [4.69, 9.17) is 14.2 Å². The molecule has 2 saturated heterocycles. The zero-order valence-corrected chi connectivity index (χ0v) is 36.1. The van der Waals surface area contributed by atoms with Gasteiger partial charge in [0.15, 0.2) is 0 Å². The average molecular weight is 863 g/mol. The first-order valence-electron chi connectivity index (χ1n) is 22.1. The Hall–Kier alpha value is -6.03. The van der Waals surface area contributed by atoms with Gasteiger partial charge in [-0.1, -0.05) is 0 Å². The van der Waals surface area contributed by atoms with Crippen molar-refractivity contribution in [1.82, 2.24) is 25.1 Å². The fourth-order valence-electron chi connectivity index (χ4n) is 10.5. The highest BCUT2D eigenvalue weighted by Gasteiger charge is 2.48. The molecule has 5 aliphatic rings. The molecule has 0 bridgehead atoms. The third kappa shape index (κ3) is 8.32. The number of anilines is 3. The summed E-state index contributed by atoms with van der Waals surface area (Å²) in [6.07, 6.45) is 9.70. The molecule has 332 valence electrons. The van der Waals surface area contributed by atoms with Gasteiger partial charge in [-0.2, -0.15) is 0 Å². The molecule has 4 aromatic rings. The van der Waals surface area contributed by atoms with Crippen LogP contribution in [0.5, 0.6) is 11.6 Å². The minimum atomic E-state index is -0.728. The Morgan fingerprint density at radius 1 is 1.05 bits per heavy atom. The Bertz CT molecular complexity index is 2420. The van der Waals surface area contributed by atoms with E-state index in [0.717, 1.165) is 105 Å². The van der Waals surface area contributed by atoms with Gasteiger partial charge in [-0.3, -0.25) is 14.9 Å². The highest BCUT2D eigenvalue weighted by atomic mass is 19.1. The molecule has 3 N–H and O–H groups in total. The molecule has 1 saturated carbocycles. The lowest BCUT2D eigenvalue weighted by molar-refractivity contribution is -0.125. The number of fused-ring (bicyclic) bond motifs is 3. The number of hydrogen-bond acceptors (Lipinski definition) is 12. The summed E-state index contributed by atoms with van der Waals surface area (Å²) in [5.74, 6) is 1.21. The molecule has 3 amide bonds. The number of aldehydes is 1. The molecule has 2 aromatic heterocycles. The first kappa shape index (κ1) is 42.3. The number of rotatable bonds is 12. The van der Waals surface area contributed by atoms with Crippen molar-refractivity contribution >= 4 is 52.2 Å². The highest BCUT2D eigenvalue weighted by molar-refractivity contribution is 6.02. The average Bonchev–Trinajstić information content (AvgIpc) is 3.62. The minimum absolute atomic E-state index is 0.142. The Kier molecular flexibility index (Phi) is 11.8. The lowest BCUT2D eigenvalue weighted by atomic mass is 9.61. The topological polar surface area (TPSA) is 168 Å². The van der Waals surface area contributed by atoms with Crippen LogP contribution in [0.2, 0.25) is 0 Å². The SMILES string of the molecule is CNC(=O)C(CCC=O)N1Cc2c(ccc(N3CCC(CN4CCC5(CC4)CC(OC(=O)Nc4cc6cc(-c7cnc8c(c7C)NCCO8)c(F)cc6cn4)C5)CC3)c2OC)C1=O. The molecular weight excluding hydrogens is 808 g/mol. The summed E-state index contributed by atoms with van der Waals surface area (Å²) < 4.78 is 32.8. The third-order valence-corrected chi connectivity index (χ3v) is 14.0. The number of pyridine rings is 2. The first-order valence-corrected chi connectivity index (χ1v) is 22.1. The van der Waals surface area contributed by atoms with Crippen LogP contribution >= 0.6 is 0 Å². The zero-order chi connectivity index (χ0) is 43.8. The van der Waals surface area contributed by atoms with Crippen molar-refractivity contribution in [3.05, 3.63) is 65.2 Å². The number of likely N-dealkylation sites (N-methyl/N-ethyl adjacent to an activating group) is 1. The summed E-state index contributed by atoms with van der Waals surface area (Å²) in [5.41, 5.74) is 5.18. The number of halogens is 1. The van der Waals surface area contributed by atoms with E-state index in [-0.39, 0.29) is 48.5 Å². The molecule has 1 atom stereocenters. The van der Waals surface area contributed by atoms with Gasteiger partial charge < -0.3 is 44.3 Å². The van der Waals surface area contributed by atoms with Crippen LogP contribution in [-0.4, -0.2) is 116 Å². The van der Waals surface area contributed by atoms with Crippen molar-refractivity contribution in [2.24, 2.45) is 11.3 Å². The van der Waals surface area contributed by atoms with Crippen molar-refractivity contribution in [3.63, 3.8) is 0 Å². The molecule has 0 radical (unpaired) electrons. The van der Waals surface area contributed by atoms with Gasteiger partial charge in [0.05, 0.1) is 19.3 Å². The van der Waals surface area contributed by atoms with E-state index >= 15 is 4.39 Å². The number of ether oxygens (including phenoxy) is 3. The molecule has 9 rings (SSSR count). The number of methoxy groups -OCH3 is 1. The summed E-state index contributed by atoms with van der Waals surface area (Å²) in [7, 11) is 3.17. The second-order valence-electron chi connectivity index (χ2n) is 17.7. The number of piperidine rings is 2. The van der Waals surface area contributed by atoms with E-state index in [9.17, 15) is 19.2 Å². The number of likely N-dealkylation sites (tertiary alicyclic amines) is 1. The van der Waals surface area contributed by atoms with Crippen LogP contribution in [0.4, 0.5) is 26.4 Å². The smallest absolute Gasteiger partial charge is 0.413 e. The molecule has 3 fully saturated rings. The Balaban J connectivity index is 0.736. The summed E-state index contributed by atoms with van der Waals surface area (Å²) >= 11 is 0. The highest BCUT2D eigenvalue weighted by Crippen LogP contribution is 2.51. The van der Waals surface area contributed by atoms with Gasteiger partial charge in [-0.15, -0.1) is 0 Å². The Morgan fingerprint density at radius 3 is 2.59 bits per heavy atom. The van der Waals surface area contributed by atoms with Gasteiger partial charge >= 0.3 is 6.09 Å². The van der Waals surface area contributed by atoms with E-state index in [1.165, 1.54) is 13.1 Å². The second-order valence-corrected chi connectivity index (χ2v) is 17.7. The van der Waals surface area contributed by atoms with Crippen LogP contribution in [0.25, 0.3) is 21.9 Å². The van der Waals surface area contributed by atoms with E-state index in [0.29, 0.717) is 58.6 Å². The lowest BCUT2D eigenvalue weighted by Gasteiger charge is -2.51. The summed E-state index contributed by atoms with van der Waals surface area (Å²) in [6.45, 7) is 8.23.